The first-order valence-corrected chi connectivity index (χ1v) is 12.5. The first-order valence-electron chi connectivity index (χ1n) is 9.62. The van der Waals surface area contributed by atoms with Gasteiger partial charge in [-0.3, -0.25) is 0 Å². The van der Waals surface area contributed by atoms with Crippen LogP contribution in [0, 0.1) is 0 Å². The second kappa shape index (κ2) is 8.31. The Morgan fingerprint density at radius 3 is 2.61 bits per heavy atom. The molecule has 0 spiro atoms. The number of thioether (sulfide) groups is 1. The Morgan fingerprint density at radius 1 is 1.16 bits per heavy atom. The van der Waals surface area contributed by atoms with Crippen molar-refractivity contribution in [2.75, 3.05) is 0 Å². The average molecular weight is 478 g/mol. The summed E-state index contributed by atoms with van der Waals surface area (Å²) in [5.74, 6) is 0.468. The summed E-state index contributed by atoms with van der Waals surface area (Å²) in [5.41, 5.74) is 3.15. The molecule has 0 fully saturated rings. The smallest absolute Gasteiger partial charge is 0.336 e. The maximum absolute atomic E-state index is 12.1. The van der Waals surface area contributed by atoms with Crippen LogP contribution in [0.25, 0.3) is 22.0 Å². The van der Waals surface area contributed by atoms with Crippen molar-refractivity contribution in [3.8, 4) is 0 Å². The highest BCUT2D eigenvalue weighted by molar-refractivity contribution is 7.98. The number of halogens is 1. The van der Waals surface area contributed by atoms with Crippen LogP contribution in [-0.4, -0.2) is 18.0 Å². The van der Waals surface area contributed by atoms with Crippen molar-refractivity contribution in [3.05, 3.63) is 63.0 Å². The topological polar surface area (TPSA) is 108 Å². The van der Waals surface area contributed by atoms with Crippen molar-refractivity contribution in [2.24, 2.45) is 5.14 Å². The van der Waals surface area contributed by atoms with Gasteiger partial charge in [0.2, 0.25) is 10.0 Å². The molecule has 0 unspecified atom stereocenters. The molecule has 7 nitrogen and oxygen atoms in total. The summed E-state index contributed by atoms with van der Waals surface area (Å²) in [6.45, 7) is 4.62. The van der Waals surface area contributed by atoms with E-state index in [2.05, 4.69) is 4.98 Å². The largest absolute Gasteiger partial charge is 0.423 e. The molecule has 10 heteroatoms. The van der Waals surface area contributed by atoms with Crippen LogP contribution in [0.1, 0.15) is 25.0 Å². The summed E-state index contributed by atoms with van der Waals surface area (Å²) in [6, 6.07) is 9.76. The number of rotatable bonds is 6. The Labute approximate surface area is 188 Å². The molecule has 0 aliphatic heterocycles. The van der Waals surface area contributed by atoms with Gasteiger partial charge in [0.25, 0.3) is 0 Å². The van der Waals surface area contributed by atoms with Crippen LogP contribution in [0.4, 0.5) is 0 Å². The molecule has 0 bridgehead atoms. The van der Waals surface area contributed by atoms with Crippen LogP contribution in [0.2, 0.25) is 5.02 Å². The first-order chi connectivity index (χ1) is 14.7. The fraction of sp³-hybridized carbons (Fsp3) is 0.238. The van der Waals surface area contributed by atoms with Crippen LogP contribution < -0.4 is 10.8 Å². The zero-order valence-corrected chi connectivity index (χ0v) is 19.3. The molecular weight excluding hydrogens is 458 g/mol. The monoisotopic (exact) mass is 477 g/mol. The number of nitrogens with two attached hydrogens (primary N) is 1. The third-order valence-electron chi connectivity index (χ3n) is 5.06. The number of nitrogens with zero attached hydrogens (tertiary/aromatic N) is 2. The lowest BCUT2D eigenvalue weighted by Gasteiger charge is -2.09. The molecule has 0 saturated carbocycles. The molecule has 0 radical (unpaired) electrons. The molecule has 31 heavy (non-hydrogen) atoms. The van der Waals surface area contributed by atoms with Crippen molar-refractivity contribution < 1.29 is 12.8 Å². The maximum atomic E-state index is 12.1. The predicted octanol–water partition coefficient (Wildman–Crippen LogP) is 4.32. The minimum Gasteiger partial charge on any atom is -0.423 e. The molecule has 2 aromatic carbocycles. The van der Waals surface area contributed by atoms with Crippen molar-refractivity contribution in [1.82, 2.24) is 9.55 Å². The Morgan fingerprint density at radius 2 is 1.94 bits per heavy atom. The molecule has 4 rings (SSSR count). The number of fused-ring (bicyclic) bond motifs is 2. The number of sulfonamides is 1. The number of hydrogen-bond acceptors (Lipinski definition) is 6. The van der Waals surface area contributed by atoms with E-state index >= 15 is 0 Å². The van der Waals surface area contributed by atoms with E-state index < -0.39 is 15.6 Å². The highest BCUT2D eigenvalue weighted by atomic mass is 35.5. The van der Waals surface area contributed by atoms with Crippen molar-refractivity contribution in [2.45, 2.75) is 42.6 Å². The predicted molar refractivity (Wildman–Crippen MR) is 123 cm³/mol. The summed E-state index contributed by atoms with van der Waals surface area (Å²) in [7, 11) is -3.81. The van der Waals surface area contributed by atoms with Gasteiger partial charge < -0.3 is 8.98 Å². The lowest BCUT2D eigenvalue weighted by Crippen LogP contribution is -2.11. The third kappa shape index (κ3) is 4.23. The number of imidazole rings is 1. The molecule has 0 atom stereocenters. The standard InChI is InChI=1S/C21H20ClN3O4S2/c1-3-12-7-19-15(10-16(12)22)13(8-20(26)29-19)11-30-21-24-17-9-14(31(23,27)28)5-6-18(17)25(21)4-2/h5-10H,3-4,11H2,1-2H3,(H2,23,27,28). The Bertz CT molecular complexity index is 1480. The highest BCUT2D eigenvalue weighted by Crippen LogP contribution is 2.32. The Hall–Kier alpha value is -2.33. The van der Waals surface area contributed by atoms with E-state index in [1.807, 2.05) is 30.5 Å². The normalized spacial score (nSPS) is 12.1. The summed E-state index contributed by atoms with van der Waals surface area (Å²) in [4.78, 5) is 16.7. The van der Waals surface area contributed by atoms with E-state index in [1.165, 1.54) is 30.0 Å². The highest BCUT2D eigenvalue weighted by Gasteiger charge is 2.16. The molecule has 4 aromatic rings. The second-order valence-corrected chi connectivity index (χ2v) is 9.92. The second-order valence-electron chi connectivity index (χ2n) is 7.01. The van der Waals surface area contributed by atoms with E-state index in [9.17, 15) is 13.2 Å². The number of primary sulfonamides is 1. The third-order valence-corrected chi connectivity index (χ3v) is 7.35. The molecule has 2 heterocycles. The van der Waals surface area contributed by atoms with Gasteiger partial charge in [-0.15, -0.1) is 0 Å². The zero-order valence-electron chi connectivity index (χ0n) is 16.9. The van der Waals surface area contributed by atoms with Crippen LogP contribution in [-0.2, 0) is 28.7 Å². The summed E-state index contributed by atoms with van der Waals surface area (Å²) >= 11 is 7.83. The maximum Gasteiger partial charge on any atom is 0.336 e. The average Bonchev–Trinajstić information content (AvgIpc) is 3.08. The van der Waals surface area contributed by atoms with E-state index in [4.69, 9.17) is 21.2 Å². The number of benzene rings is 2. The summed E-state index contributed by atoms with van der Waals surface area (Å²) in [6.07, 6.45) is 0.735. The van der Waals surface area contributed by atoms with Gasteiger partial charge in [-0.25, -0.2) is 23.3 Å². The van der Waals surface area contributed by atoms with Gasteiger partial charge in [0, 0.05) is 28.8 Å². The molecule has 0 aliphatic carbocycles. The van der Waals surface area contributed by atoms with Gasteiger partial charge in [0.15, 0.2) is 5.16 Å². The number of aryl methyl sites for hydroxylation is 2. The van der Waals surface area contributed by atoms with E-state index in [1.54, 1.807) is 6.07 Å². The van der Waals surface area contributed by atoms with Crippen molar-refractivity contribution in [3.63, 3.8) is 0 Å². The van der Waals surface area contributed by atoms with E-state index in [0.717, 1.165) is 28.5 Å². The Kier molecular flexibility index (Phi) is 5.87. The van der Waals surface area contributed by atoms with Crippen molar-refractivity contribution >= 4 is 55.4 Å². The van der Waals surface area contributed by atoms with Crippen LogP contribution in [0.3, 0.4) is 0 Å². The molecule has 162 valence electrons. The number of hydrogen-bond donors (Lipinski definition) is 1. The van der Waals surface area contributed by atoms with Crippen LogP contribution in [0.15, 0.2) is 55.7 Å². The molecule has 0 aliphatic rings. The van der Waals surface area contributed by atoms with Gasteiger partial charge in [0.1, 0.15) is 5.58 Å². The minimum absolute atomic E-state index is 0.0188. The van der Waals surface area contributed by atoms with Gasteiger partial charge in [-0.2, -0.15) is 0 Å². The van der Waals surface area contributed by atoms with Gasteiger partial charge in [-0.1, -0.05) is 30.3 Å². The van der Waals surface area contributed by atoms with Gasteiger partial charge in [-0.05, 0) is 54.8 Å². The summed E-state index contributed by atoms with van der Waals surface area (Å²) < 4.78 is 30.7. The first kappa shape index (κ1) is 21.9. The zero-order chi connectivity index (χ0) is 22.3. The Balaban J connectivity index is 1.74. The fourth-order valence-electron chi connectivity index (χ4n) is 3.50. The van der Waals surface area contributed by atoms with Crippen LogP contribution >= 0.6 is 23.4 Å². The fourth-order valence-corrected chi connectivity index (χ4v) is 5.40. The van der Waals surface area contributed by atoms with Gasteiger partial charge >= 0.3 is 5.63 Å². The lowest BCUT2D eigenvalue weighted by atomic mass is 10.1. The van der Waals surface area contributed by atoms with Crippen LogP contribution in [0.5, 0.6) is 0 Å². The molecule has 0 amide bonds. The van der Waals surface area contributed by atoms with Gasteiger partial charge in [0.05, 0.1) is 15.9 Å². The SMILES string of the molecule is CCc1cc2oc(=O)cc(CSc3nc4cc(S(N)(=O)=O)ccc4n3CC)c2cc1Cl. The quantitative estimate of drug-likeness (QED) is 0.327. The number of aromatic nitrogens is 2. The van der Waals surface area contributed by atoms with Crippen molar-refractivity contribution in [1.29, 1.82) is 0 Å². The van der Waals surface area contributed by atoms with E-state index in [-0.39, 0.29) is 4.90 Å². The molecular formula is C21H20ClN3O4S2. The minimum atomic E-state index is -3.81. The lowest BCUT2D eigenvalue weighted by molar-refractivity contribution is 0.559. The van der Waals surface area contributed by atoms with E-state index in [0.29, 0.717) is 33.6 Å². The molecule has 2 N–H and O–H groups in total. The summed E-state index contributed by atoms with van der Waals surface area (Å²) in [5, 5.41) is 7.37. The molecule has 0 saturated heterocycles. The molecule has 2 aromatic heterocycles.